The van der Waals surface area contributed by atoms with Crippen molar-refractivity contribution in [2.24, 2.45) is 0 Å². The fourth-order valence-corrected chi connectivity index (χ4v) is 2.30. The Balaban J connectivity index is 1.90. The monoisotopic (exact) mass is 304 g/mol. The van der Waals surface area contributed by atoms with Crippen molar-refractivity contribution in [1.29, 1.82) is 0 Å². The number of aromatic nitrogens is 1. The Hall–Kier alpha value is -2.41. The maximum absolute atomic E-state index is 11.9. The lowest BCUT2D eigenvalue weighted by Gasteiger charge is -2.07. The lowest BCUT2D eigenvalue weighted by atomic mass is 10.2. The third-order valence-corrected chi connectivity index (χ3v) is 3.48. The standard InChI is InChI=1S/C14H16N4O2S/c1-9-16-12(8-21-9)7-13(19)17-10-3-5-11(6-4-10)18-14(20)15-2/h3-6,8H,7H2,1-2H3,(H,17,19)(H2,15,18,20). The molecule has 0 saturated heterocycles. The molecular formula is C14H16N4O2S. The number of carbonyl (C=O) groups excluding carboxylic acids is 2. The summed E-state index contributed by atoms with van der Waals surface area (Å²) in [5.41, 5.74) is 2.10. The van der Waals surface area contributed by atoms with Gasteiger partial charge in [0.15, 0.2) is 0 Å². The normalized spacial score (nSPS) is 10.0. The molecule has 0 aliphatic rings. The highest BCUT2D eigenvalue weighted by Gasteiger charge is 2.07. The molecule has 1 aromatic carbocycles. The van der Waals surface area contributed by atoms with Crippen LogP contribution in [0.1, 0.15) is 10.7 Å². The molecule has 0 unspecified atom stereocenters. The Bertz CT molecular complexity index is 637. The number of anilines is 2. The molecule has 0 spiro atoms. The molecule has 110 valence electrons. The van der Waals surface area contributed by atoms with E-state index in [0.29, 0.717) is 11.4 Å². The molecule has 0 saturated carbocycles. The Kier molecular flexibility index (Phi) is 4.89. The molecule has 0 radical (unpaired) electrons. The number of nitrogens with zero attached hydrogens (tertiary/aromatic N) is 1. The summed E-state index contributed by atoms with van der Waals surface area (Å²) in [5, 5.41) is 10.7. The summed E-state index contributed by atoms with van der Waals surface area (Å²) in [6.07, 6.45) is 0.253. The van der Waals surface area contributed by atoms with Crippen LogP contribution in [0.25, 0.3) is 0 Å². The van der Waals surface area contributed by atoms with Gasteiger partial charge in [0.05, 0.1) is 17.1 Å². The molecule has 7 heteroatoms. The van der Waals surface area contributed by atoms with Crippen LogP contribution in [0.4, 0.5) is 16.2 Å². The number of hydrogen-bond donors (Lipinski definition) is 3. The number of rotatable bonds is 4. The van der Waals surface area contributed by atoms with Gasteiger partial charge in [-0.05, 0) is 31.2 Å². The molecule has 3 N–H and O–H groups in total. The molecule has 1 heterocycles. The van der Waals surface area contributed by atoms with E-state index in [0.717, 1.165) is 10.7 Å². The Morgan fingerprint density at radius 3 is 2.29 bits per heavy atom. The van der Waals surface area contributed by atoms with Gasteiger partial charge in [0.25, 0.3) is 0 Å². The van der Waals surface area contributed by atoms with E-state index in [1.807, 2.05) is 12.3 Å². The van der Waals surface area contributed by atoms with Crippen molar-refractivity contribution in [2.45, 2.75) is 13.3 Å². The van der Waals surface area contributed by atoms with Crippen LogP contribution < -0.4 is 16.0 Å². The molecule has 3 amide bonds. The maximum atomic E-state index is 11.9. The number of aryl methyl sites for hydroxylation is 1. The van der Waals surface area contributed by atoms with E-state index < -0.39 is 0 Å². The van der Waals surface area contributed by atoms with Crippen molar-refractivity contribution < 1.29 is 9.59 Å². The molecule has 0 bridgehead atoms. The Morgan fingerprint density at radius 2 is 1.76 bits per heavy atom. The molecule has 1 aromatic heterocycles. The predicted octanol–water partition coefficient (Wildman–Crippen LogP) is 2.38. The van der Waals surface area contributed by atoms with Crippen LogP contribution in [0.3, 0.4) is 0 Å². The molecule has 0 aliphatic carbocycles. The lowest BCUT2D eigenvalue weighted by Crippen LogP contribution is -2.24. The van der Waals surface area contributed by atoms with Crippen LogP contribution in [0, 0.1) is 6.92 Å². The van der Waals surface area contributed by atoms with Crippen molar-refractivity contribution in [3.8, 4) is 0 Å². The smallest absolute Gasteiger partial charge is 0.318 e. The fourth-order valence-electron chi connectivity index (χ4n) is 1.69. The van der Waals surface area contributed by atoms with Crippen LogP contribution in [0.2, 0.25) is 0 Å². The molecule has 0 aliphatic heterocycles. The first kappa shape index (κ1) is 15.0. The van der Waals surface area contributed by atoms with Crippen molar-refractivity contribution in [2.75, 3.05) is 17.7 Å². The number of nitrogens with one attached hydrogen (secondary N) is 3. The van der Waals surface area contributed by atoms with Crippen LogP contribution >= 0.6 is 11.3 Å². The lowest BCUT2D eigenvalue weighted by molar-refractivity contribution is -0.115. The second-order valence-corrected chi connectivity index (χ2v) is 5.43. The molecule has 21 heavy (non-hydrogen) atoms. The molecule has 0 fully saturated rings. The van der Waals surface area contributed by atoms with Gasteiger partial charge < -0.3 is 16.0 Å². The zero-order chi connectivity index (χ0) is 15.2. The zero-order valence-corrected chi connectivity index (χ0v) is 12.6. The van der Waals surface area contributed by atoms with Gasteiger partial charge in [-0.1, -0.05) is 0 Å². The van der Waals surface area contributed by atoms with E-state index in [1.165, 1.54) is 11.3 Å². The summed E-state index contributed by atoms with van der Waals surface area (Å²) in [6, 6.07) is 6.62. The SMILES string of the molecule is CNC(=O)Nc1ccc(NC(=O)Cc2csc(C)n2)cc1. The maximum Gasteiger partial charge on any atom is 0.318 e. The first-order chi connectivity index (χ1) is 10.1. The Labute approximate surface area is 126 Å². The highest BCUT2D eigenvalue weighted by Crippen LogP contribution is 2.14. The molecular weight excluding hydrogens is 288 g/mol. The van der Waals surface area contributed by atoms with Crippen molar-refractivity contribution in [3.05, 3.63) is 40.3 Å². The van der Waals surface area contributed by atoms with Gasteiger partial charge in [-0.25, -0.2) is 9.78 Å². The van der Waals surface area contributed by atoms with Crippen molar-refractivity contribution >= 4 is 34.6 Å². The van der Waals surface area contributed by atoms with Gasteiger partial charge in [0, 0.05) is 23.8 Å². The highest BCUT2D eigenvalue weighted by atomic mass is 32.1. The van der Waals surface area contributed by atoms with E-state index in [4.69, 9.17) is 0 Å². The first-order valence-corrected chi connectivity index (χ1v) is 7.24. The number of hydrogen-bond acceptors (Lipinski definition) is 4. The second kappa shape index (κ2) is 6.85. The van der Waals surface area contributed by atoms with E-state index in [-0.39, 0.29) is 18.4 Å². The zero-order valence-electron chi connectivity index (χ0n) is 11.8. The molecule has 6 nitrogen and oxygen atoms in total. The van der Waals surface area contributed by atoms with Gasteiger partial charge in [0.2, 0.25) is 5.91 Å². The van der Waals surface area contributed by atoms with E-state index in [2.05, 4.69) is 20.9 Å². The highest BCUT2D eigenvalue weighted by molar-refractivity contribution is 7.09. The van der Waals surface area contributed by atoms with E-state index in [1.54, 1.807) is 31.3 Å². The minimum absolute atomic E-state index is 0.118. The van der Waals surface area contributed by atoms with E-state index in [9.17, 15) is 9.59 Å². The van der Waals surface area contributed by atoms with Crippen LogP contribution in [-0.2, 0) is 11.2 Å². The third-order valence-electron chi connectivity index (χ3n) is 2.66. The number of carbonyl (C=O) groups is 2. The summed E-state index contributed by atoms with van der Waals surface area (Å²) in [7, 11) is 1.55. The molecule has 0 atom stereocenters. The summed E-state index contributed by atoms with van der Waals surface area (Å²) in [6.45, 7) is 1.91. The average molecular weight is 304 g/mol. The first-order valence-electron chi connectivity index (χ1n) is 6.36. The summed E-state index contributed by atoms with van der Waals surface area (Å²) >= 11 is 1.53. The number of amides is 3. The van der Waals surface area contributed by atoms with Crippen LogP contribution in [0.15, 0.2) is 29.6 Å². The topological polar surface area (TPSA) is 83.1 Å². The van der Waals surface area contributed by atoms with Gasteiger partial charge in [-0.15, -0.1) is 11.3 Å². The Morgan fingerprint density at radius 1 is 1.14 bits per heavy atom. The third kappa shape index (κ3) is 4.57. The van der Waals surface area contributed by atoms with Gasteiger partial charge in [-0.2, -0.15) is 0 Å². The van der Waals surface area contributed by atoms with Crippen molar-refractivity contribution in [1.82, 2.24) is 10.3 Å². The summed E-state index contributed by atoms with van der Waals surface area (Å²) < 4.78 is 0. The van der Waals surface area contributed by atoms with Crippen LogP contribution in [-0.4, -0.2) is 24.0 Å². The van der Waals surface area contributed by atoms with Crippen molar-refractivity contribution in [3.63, 3.8) is 0 Å². The second-order valence-electron chi connectivity index (χ2n) is 4.36. The van der Waals surface area contributed by atoms with Gasteiger partial charge >= 0.3 is 6.03 Å². The minimum atomic E-state index is -0.286. The number of thiazole rings is 1. The predicted molar refractivity (Wildman–Crippen MR) is 83.7 cm³/mol. The molecule has 2 rings (SSSR count). The van der Waals surface area contributed by atoms with E-state index >= 15 is 0 Å². The summed E-state index contributed by atoms with van der Waals surface area (Å²) in [4.78, 5) is 27.3. The fraction of sp³-hybridized carbons (Fsp3) is 0.214. The number of urea groups is 1. The summed E-state index contributed by atoms with van der Waals surface area (Å²) in [5.74, 6) is -0.118. The largest absolute Gasteiger partial charge is 0.341 e. The quantitative estimate of drug-likeness (QED) is 0.811. The minimum Gasteiger partial charge on any atom is -0.341 e. The molecule has 2 aromatic rings. The van der Waals surface area contributed by atoms with Gasteiger partial charge in [0.1, 0.15) is 0 Å². The van der Waals surface area contributed by atoms with Crippen LogP contribution in [0.5, 0.6) is 0 Å². The number of benzene rings is 1. The average Bonchev–Trinajstić information content (AvgIpc) is 2.86. The van der Waals surface area contributed by atoms with Gasteiger partial charge in [-0.3, -0.25) is 4.79 Å².